The summed E-state index contributed by atoms with van der Waals surface area (Å²) in [4.78, 5) is 4.85. The van der Waals surface area contributed by atoms with E-state index >= 15 is 0 Å². The normalized spacial score (nSPS) is 31.6. The third-order valence-electron chi connectivity index (χ3n) is 5.20. The fourth-order valence-electron chi connectivity index (χ4n) is 3.37. The van der Waals surface area contributed by atoms with Crippen molar-refractivity contribution in [3.63, 3.8) is 0 Å². The summed E-state index contributed by atoms with van der Waals surface area (Å²) < 4.78 is 21.9. The molecule has 4 fully saturated rings. The summed E-state index contributed by atoms with van der Waals surface area (Å²) in [6, 6.07) is 6.78. The molecule has 0 N–H and O–H groups in total. The Labute approximate surface area is 148 Å². The van der Waals surface area contributed by atoms with Gasteiger partial charge in [-0.05, 0) is 24.6 Å². The first-order chi connectivity index (χ1) is 12.2. The molecule has 4 unspecified atom stereocenters. The first kappa shape index (κ1) is 15.9. The van der Waals surface area contributed by atoms with Crippen molar-refractivity contribution in [2.24, 2.45) is 0 Å². The molecule has 0 saturated carbocycles. The molecule has 4 saturated heterocycles. The lowest BCUT2D eigenvalue weighted by Gasteiger charge is -2.29. The van der Waals surface area contributed by atoms with E-state index < -0.39 is 0 Å². The average Bonchev–Trinajstić information content (AvgIpc) is 3.45. The van der Waals surface area contributed by atoms with E-state index in [9.17, 15) is 0 Å². The van der Waals surface area contributed by atoms with Crippen molar-refractivity contribution in [3.8, 4) is 0 Å². The lowest BCUT2D eigenvalue weighted by Crippen LogP contribution is -2.34. The Kier molecular flexibility index (Phi) is 4.08. The summed E-state index contributed by atoms with van der Waals surface area (Å²) in [5.41, 5.74) is 3.85. The largest absolute Gasteiger partial charge is 0.371 e. The minimum Gasteiger partial charge on any atom is -0.371 e. The highest BCUT2D eigenvalue weighted by Crippen LogP contribution is 2.31. The van der Waals surface area contributed by atoms with Crippen LogP contribution >= 0.6 is 0 Å². The predicted molar refractivity (Wildman–Crippen MR) is 94.6 cm³/mol. The number of ether oxygens (including phenoxy) is 4. The lowest BCUT2D eigenvalue weighted by molar-refractivity contribution is 0.388. The molecule has 25 heavy (non-hydrogen) atoms. The van der Waals surface area contributed by atoms with Crippen molar-refractivity contribution < 1.29 is 18.9 Å². The molecule has 0 aliphatic carbocycles. The predicted octanol–water partition coefficient (Wildman–Crippen LogP) is 1.20. The fraction of sp³-hybridized carbons (Fsp3) is 0.684. The van der Waals surface area contributed by atoms with Crippen molar-refractivity contribution >= 4 is 11.4 Å². The quantitative estimate of drug-likeness (QED) is 0.594. The fourth-order valence-corrected chi connectivity index (χ4v) is 3.37. The number of rotatable bonds is 10. The minimum absolute atomic E-state index is 0.373. The van der Waals surface area contributed by atoms with E-state index in [0.717, 1.165) is 52.6 Å². The third-order valence-corrected chi connectivity index (χ3v) is 5.20. The van der Waals surface area contributed by atoms with Crippen LogP contribution in [0.2, 0.25) is 0 Å². The highest BCUT2D eigenvalue weighted by atomic mass is 16.6. The minimum atomic E-state index is 0.373. The number of aryl methyl sites for hydroxylation is 1. The van der Waals surface area contributed by atoms with Gasteiger partial charge in [-0.25, -0.2) is 0 Å². The molecule has 4 atom stereocenters. The molecule has 4 aliphatic heterocycles. The first-order valence-electron chi connectivity index (χ1n) is 9.31. The van der Waals surface area contributed by atoms with Crippen LogP contribution < -0.4 is 9.80 Å². The van der Waals surface area contributed by atoms with Crippen molar-refractivity contribution in [2.75, 3.05) is 62.4 Å². The second kappa shape index (κ2) is 6.43. The van der Waals surface area contributed by atoms with Crippen LogP contribution in [0.5, 0.6) is 0 Å². The summed E-state index contributed by atoms with van der Waals surface area (Å²) in [6.45, 7) is 9.49. The smallest absolute Gasteiger partial charge is 0.0984 e. The van der Waals surface area contributed by atoms with E-state index in [-0.39, 0.29) is 0 Å². The van der Waals surface area contributed by atoms with Crippen LogP contribution in [0.4, 0.5) is 11.4 Å². The maximum Gasteiger partial charge on any atom is 0.0984 e. The van der Waals surface area contributed by atoms with Crippen molar-refractivity contribution in [2.45, 2.75) is 31.3 Å². The molecule has 5 rings (SSSR count). The van der Waals surface area contributed by atoms with Gasteiger partial charge in [-0.3, -0.25) is 0 Å². The van der Waals surface area contributed by atoms with Crippen LogP contribution in [0.15, 0.2) is 18.2 Å². The summed E-state index contributed by atoms with van der Waals surface area (Å²) in [5.74, 6) is 0. The molecule has 0 radical (unpaired) electrons. The summed E-state index contributed by atoms with van der Waals surface area (Å²) >= 11 is 0. The number of anilines is 2. The van der Waals surface area contributed by atoms with E-state index in [1.165, 1.54) is 16.9 Å². The van der Waals surface area contributed by atoms with Gasteiger partial charge in [0.1, 0.15) is 0 Å². The van der Waals surface area contributed by atoms with Gasteiger partial charge in [0.25, 0.3) is 0 Å². The Morgan fingerprint density at radius 2 is 1.20 bits per heavy atom. The van der Waals surface area contributed by atoms with Gasteiger partial charge < -0.3 is 28.7 Å². The molecule has 4 heterocycles. The Bertz CT molecular complexity index is 596. The first-order valence-corrected chi connectivity index (χ1v) is 9.31. The van der Waals surface area contributed by atoms with E-state index in [1.54, 1.807) is 0 Å². The van der Waals surface area contributed by atoms with Crippen LogP contribution in [-0.2, 0) is 18.9 Å². The molecule has 136 valence electrons. The highest BCUT2D eigenvalue weighted by molar-refractivity contribution is 5.64. The zero-order valence-corrected chi connectivity index (χ0v) is 14.7. The molecular weight excluding hydrogens is 320 g/mol. The number of nitrogens with zero attached hydrogens (tertiary/aromatic N) is 2. The van der Waals surface area contributed by atoms with E-state index in [1.807, 2.05) is 0 Å². The molecular formula is C19H26N2O4. The molecule has 0 spiro atoms. The van der Waals surface area contributed by atoms with E-state index in [0.29, 0.717) is 24.4 Å². The molecule has 6 heteroatoms. The highest BCUT2D eigenvalue weighted by Gasteiger charge is 2.33. The van der Waals surface area contributed by atoms with Gasteiger partial charge in [-0.15, -0.1) is 0 Å². The maximum atomic E-state index is 5.48. The Morgan fingerprint density at radius 3 is 1.64 bits per heavy atom. The molecule has 1 aromatic carbocycles. The van der Waals surface area contributed by atoms with Gasteiger partial charge in [0.2, 0.25) is 0 Å². The number of epoxide rings is 4. The van der Waals surface area contributed by atoms with Gasteiger partial charge in [0.15, 0.2) is 0 Å². The number of hydrogen-bond donors (Lipinski definition) is 0. The second-order valence-electron chi connectivity index (χ2n) is 7.60. The van der Waals surface area contributed by atoms with Gasteiger partial charge in [0.05, 0.1) is 50.8 Å². The molecule has 0 bridgehead atoms. The molecule has 1 aromatic rings. The zero-order valence-electron chi connectivity index (χ0n) is 14.7. The summed E-state index contributed by atoms with van der Waals surface area (Å²) in [6.07, 6.45) is 1.49. The molecule has 0 aromatic heterocycles. The van der Waals surface area contributed by atoms with E-state index in [4.69, 9.17) is 18.9 Å². The monoisotopic (exact) mass is 346 g/mol. The average molecular weight is 346 g/mol. The lowest BCUT2D eigenvalue weighted by atomic mass is 10.1. The molecule has 4 aliphatic rings. The van der Waals surface area contributed by atoms with Crippen LogP contribution in [0.1, 0.15) is 5.56 Å². The second-order valence-corrected chi connectivity index (χ2v) is 7.60. The summed E-state index contributed by atoms with van der Waals surface area (Å²) in [7, 11) is 0. The number of hydrogen-bond acceptors (Lipinski definition) is 6. The Balaban J connectivity index is 1.38. The van der Waals surface area contributed by atoms with Crippen molar-refractivity contribution in [1.82, 2.24) is 0 Å². The molecule has 6 nitrogen and oxygen atoms in total. The van der Waals surface area contributed by atoms with Gasteiger partial charge in [-0.2, -0.15) is 0 Å². The summed E-state index contributed by atoms with van der Waals surface area (Å²) in [5, 5.41) is 0. The van der Waals surface area contributed by atoms with Gasteiger partial charge in [-0.1, -0.05) is 6.07 Å². The Morgan fingerprint density at radius 1 is 0.760 bits per heavy atom. The van der Waals surface area contributed by atoms with Crippen LogP contribution in [-0.4, -0.2) is 77.0 Å². The van der Waals surface area contributed by atoms with Crippen LogP contribution in [0.25, 0.3) is 0 Å². The van der Waals surface area contributed by atoms with E-state index in [2.05, 4.69) is 34.9 Å². The topological polar surface area (TPSA) is 56.6 Å². The van der Waals surface area contributed by atoms with Crippen LogP contribution in [0, 0.1) is 6.92 Å². The Hall–Kier alpha value is -1.34. The van der Waals surface area contributed by atoms with Crippen molar-refractivity contribution in [3.05, 3.63) is 23.8 Å². The molecule has 0 amide bonds. The SMILES string of the molecule is Cc1ccc(N(CC2CO2)CC2CO2)cc1N(CC1CO1)CC1CO1. The maximum absolute atomic E-state index is 5.48. The standard InChI is InChI=1S/C19H26N2O4/c1-13-2-3-14(20(5-15-9-22-15)6-16-10-23-16)4-19(13)21(7-17-11-24-17)8-18-12-25-18/h2-4,15-18H,5-12H2,1H3. The van der Waals surface area contributed by atoms with Gasteiger partial charge in [0, 0.05) is 37.6 Å². The van der Waals surface area contributed by atoms with Gasteiger partial charge >= 0.3 is 0 Å². The third kappa shape index (κ3) is 4.26. The van der Waals surface area contributed by atoms with Crippen molar-refractivity contribution in [1.29, 1.82) is 0 Å². The zero-order chi connectivity index (χ0) is 16.8. The number of benzene rings is 1. The van der Waals surface area contributed by atoms with Crippen LogP contribution in [0.3, 0.4) is 0 Å².